The van der Waals surface area contributed by atoms with Gasteiger partial charge in [0, 0.05) is 22.5 Å². The van der Waals surface area contributed by atoms with E-state index in [-0.39, 0.29) is 23.9 Å². The Bertz CT molecular complexity index is 811. The molecular formula is C23H31N3O3. The maximum Gasteiger partial charge on any atom is 0.251 e. The lowest BCUT2D eigenvalue weighted by atomic mass is 10.1. The van der Waals surface area contributed by atoms with Crippen molar-refractivity contribution in [3.8, 4) is 5.75 Å². The zero-order valence-electron chi connectivity index (χ0n) is 17.7. The summed E-state index contributed by atoms with van der Waals surface area (Å²) >= 11 is 0. The van der Waals surface area contributed by atoms with Crippen LogP contribution in [0.15, 0.2) is 48.5 Å². The lowest BCUT2D eigenvalue weighted by Crippen LogP contribution is -2.40. The minimum atomic E-state index is -0.309. The third-order valence-electron chi connectivity index (χ3n) is 3.97. The lowest BCUT2D eigenvalue weighted by molar-refractivity contribution is -0.114. The molecule has 0 aliphatic rings. The molecule has 0 aliphatic heterocycles. The fourth-order valence-corrected chi connectivity index (χ4v) is 2.54. The molecule has 3 N–H and O–H groups in total. The molecule has 29 heavy (non-hydrogen) atoms. The summed E-state index contributed by atoms with van der Waals surface area (Å²) in [6, 6.07) is 14.4. The van der Waals surface area contributed by atoms with E-state index in [1.54, 1.807) is 18.2 Å². The molecule has 0 fully saturated rings. The predicted molar refractivity (Wildman–Crippen MR) is 118 cm³/mol. The normalized spacial score (nSPS) is 10.9. The number of rotatable bonds is 9. The molecule has 156 valence electrons. The van der Waals surface area contributed by atoms with Crippen molar-refractivity contribution in [1.29, 1.82) is 0 Å². The predicted octanol–water partition coefficient (Wildman–Crippen LogP) is 4.44. The van der Waals surface area contributed by atoms with Gasteiger partial charge in [-0.3, -0.25) is 9.59 Å². The molecule has 2 aromatic rings. The molecule has 0 saturated heterocycles. The second kappa shape index (κ2) is 10.5. The first kappa shape index (κ1) is 22.3. The molecule has 0 unspecified atom stereocenters. The van der Waals surface area contributed by atoms with Crippen LogP contribution in [0.2, 0.25) is 0 Å². The van der Waals surface area contributed by atoms with Crippen LogP contribution in [0, 0.1) is 0 Å². The first-order valence-corrected chi connectivity index (χ1v) is 9.96. The van der Waals surface area contributed by atoms with E-state index in [2.05, 4.69) is 22.9 Å². The van der Waals surface area contributed by atoms with E-state index >= 15 is 0 Å². The quantitative estimate of drug-likeness (QED) is 0.547. The maximum atomic E-state index is 12.3. The number of hydrogen-bond donors (Lipinski definition) is 3. The smallest absolute Gasteiger partial charge is 0.251 e. The van der Waals surface area contributed by atoms with E-state index in [1.165, 1.54) is 0 Å². The minimum Gasteiger partial charge on any atom is -0.494 e. The molecule has 2 aromatic carbocycles. The summed E-state index contributed by atoms with van der Waals surface area (Å²) in [5, 5.41) is 8.81. The Labute approximate surface area is 173 Å². The topological polar surface area (TPSA) is 79.5 Å². The van der Waals surface area contributed by atoms with Crippen LogP contribution in [-0.4, -0.2) is 30.5 Å². The molecule has 0 spiro atoms. The van der Waals surface area contributed by atoms with E-state index in [1.807, 2.05) is 51.1 Å². The maximum absolute atomic E-state index is 12.3. The van der Waals surface area contributed by atoms with Crippen molar-refractivity contribution in [2.24, 2.45) is 0 Å². The number of amides is 2. The summed E-state index contributed by atoms with van der Waals surface area (Å²) in [5.41, 5.74) is 1.65. The summed E-state index contributed by atoms with van der Waals surface area (Å²) in [4.78, 5) is 24.5. The van der Waals surface area contributed by atoms with Gasteiger partial charge in [0.15, 0.2) is 0 Å². The van der Waals surface area contributed by atoms with Crippen molar-refractivity contribution in [3.63, 3.8) is 0 Å². The van der Waals surface area contributed by atoms with Gasteiger partial charge >= 0.3 is 0 Å². The van der Waals surface area contributed by atoms with Gasteiger partial charge < -0.3 is 20.7 Å². The van der Waals surface area contributed by atoms with Gasteiger partial charge in [-0.25, -0.2) is 0 Å². The second-order valence-corrected chi connectivity index (χ2v) is 7.91. The Morgan fingerprint density at radius 1 is 1.00 bits per heavy atom. The van der Waals surface area contributed by atoms with Crippen LogP contribution in [0.3, 0.4) is 0 Å². The number of benzene rings is 2. The standard InChI is InChI=1S/C23H31N3O3/c1-5-6-14-29-20-12-10-18(11-13-20)25-21(27)16-24-19-9-7-8-17(15-19)22(28)26-23(2,3)4/h7-13,15,24H,5-6,14,16H2,1-4H3,(H,25,27)(H,26,28). The summed E-state index contributed by atoms with van der Waals surface area (Å²) in [7, 11) is 0. The van der Waals surface area contributed by atoms with Crippen molar-refractivity contribution >= 4 is 23.2 Å². The fraction of sp³-hybridized carbons (Fsp3) is 0.391. The first-order valence-electron chi connectivity index (χ1n) is 9.96. The number of carbonyl (C=O) groups excluding carboxylic acids is 2. The molecule has 6 heteroatoms. The molecule has 0 heterocycles. The number of carbonyl (C=O) groups is 2. The number of anilines is 2. The molecule has 0 atom stereocenters. The van der Waals surface area contributed by atoms with E-state index in [9.17, 15) is 9.59 Å². The van der Waals surface area contributed by atoms with E-state index in [0.717, 1.165) is 18.6 Å². The molecule has 0 radical (unpaired) electrons. The van der Waals surface area contributed by atoms with E-state index in [4.69, 9.17) is 4.74 Å². The van der Waals surface area contributed by atoms with Gasteiger partial charge in [0.2, 0.25) is 5.91 Å². The fourth-order valence-electron chi connectivity index (χ4n) is 2.54. The van der Waals surface area contributed by atoms with Crippen molar-refractivity contribution in [2.45, 2.75) is 46.1 Å². The van der Waals surface area contributed by atoms with Crippen molar-refractivity contribution in [3.05, 3.63) is 54.1 Å². The van der Waals surface area contributed by atoms with Gasteiger partial charge in [0.25, 0.3) is 5.91 Å². The van der Waals surface area contributed by atoms with Crippen LogP contribution in [0.4, 0.5) is 11.4 Å². The van der Waals surface area contributed by atoms with Gasteiger partial charge in [-0.15, -0.1) is 0 Å². The van der Waals surface area contributed by atoms with Gasteiger partial charge in [-0.05, 0) is 69.7 Å². The SMILES string of the molecule is CCCCOc1ccc(NC(=O)CNc2cccc(C(=O)NC(C)(C)C)c2)cc1. The average molecular weight is 398 g/mol. The van der Waals surface area contributed by atoms with Gasteiger partial charge in [0.1, 0.15) is 5.75 Å². The summed E-state index contributed by atoms with van der Waals surface area (Å²) in [6.45, 7) is 8.70. The lowest BCUT2D eigenvalue weighted by Gasteiger charge is -2.20. The second-order valence-electron chi connectivity index (χ2n) is 7.91. The van der Waals surface area contributed by atoms with Crippen LogP contribution >= 0.6 is 0 Å². The third kappa shape index (κ3) is 8.25. The Morgan fingerprint density at radius 2 is 1.72 bits per heavy atom. The van der Waals surface area contributed by atoms with E-state index in [0.29, 0.717) is 23.5 Å². The summed E-state index contributed by atoms with van der Waals surface area (Å²) in [5.74, 6) is 0.473. The first-order chi connectivity index (χ1) is 13.8. The monoisotopic (exact) mass is 397 g/mol. The highest BCUT2D eigenvalue weighted by molar-refractivity contribution is 5.96. The Morgan fingerprint density at radius 3 is 2.38 bits per heavy atom. The average Bonchev–Trinajstić information content (AvgIpc) is 2.67. The number of nitrogens with one attached hydrogen (secondary N) is 3. The Kier molecular flexibility index (Phi) is 8.07. The largest absolute Gasteiger partial charge is 0.494 e. The number of hydrogen-bond acceptors (Lipinski definition) is 4. The van der Waals surface area contributed by atoms with Crippen LogP contribution in [-0.2, 0) is 4.79 Å². The van der Waals surface area contributed by atoms with Crippen LogP contribution in [0.1, 0.15) is 50.9 Å². The molecule has 2 amide bonds. The molecule has 0 bridgehead atoms. The van der Waals surface area contributed by atoms with Crippen LogP contribution < -0.4 is 20.7 Å². The summed E-state index contributed by atoms with van der Waals surface area (Å²) < 4.78 is 5.61. The summed E-state index contributed by atoms with van der Waals surface area (Å²) in [6.07, 6.45) is 2.11. The Hall–Kier alpha value is -3.02. The van der Waals surface area contributed by atoms with Crippen molar-refractivity contribution < 1.29 is 14.3 Å². The third-order valence-corrected chi connectivity index (χ3v) is 3.97. The van der Waals surface area contributed by atoms with Gasteiger partial charge in [-0.2, -0.15) is 0 Å². The molecule has 0 aromatic heterocycles. The molecule has 6 nitrogen and oxygen atoms in total. The van der Waals surface area contributed by atoms with Crippen molar-refractivity contribution in [2.75, 3.05) is 23.8 Å². The van der Waals surface area contributed by atoms with Crippen molar-refractivity contribution in [1.82, 2.24) is 5.32 Å². The minimum absolute atomic E-state index is 0.0963. The zero-order valence-corrected chi connectivity index (χ0v) is 17.7. The molecule has 0 saturated carbocycles. The zero-order chi connectivity index (χ0) is 21.3. The highest BCUT2D eigenvalue weighted by Crippen LogP contribution is 2.16. The van der Waals surface area contributed by atoms with Gasteiger partial charge in [-0.1, -0.05) is 19.4 Å². The van der Waals surface area contributed by atoms with Crippen LogP contribution in [0.25, 0.3) is 0 Å². The highest BCUT2D eigenvalue weighted by Gasteiger charge is 2.15. The van der Waals surface area contributed by atoms with Crippen LogP contribution in [0.5, 0.6) is 5.75 Å². The molecule has 0 aliphatic carbocycles. The Balaban J connectivity index is 1.84. The number of unbranched alkanes of at least 4 members (excludes halogenated alkanes) is 1. The highest BCUT2D eigenvalue weighted by atomic mass is 16.5. The molecule has 2 rings (SSSR count). The molecular weight excluding hydrogens is 366 g/mol. The van der Waals surface area contributed by atoms with Gasteiger partial charge in [0.05, 0.1) is 13.2 Å². The number of ether oxygens (including phenoxy) is 1. The van der Waals surface area contributed by atoms with E-state index < -0.39 is 0 Å².